The van der Waals surface area contributed by atoms with Crippen molar-refractivity contribution in [2.75, 3.05) is 6.26 Å². The highest BCUT2D eigenvalue weighted by Gasteiger charge is 2.45. The van der Waals surface area contributed by atoms with E-state index in [1.165, 1.54) is 18.2 Å². The molecule has 0 bridgehead atoms. The first-order valence-electron chi connectivity index (χ1n) is 7.29. The van der Waals surface area contributed by atoms with Crippen LogP contribution >= 0.6 is 27.5 Å². The van der Waals surface area contributed by atoms with Crippen LogP contribution in [0.3, 0.4) is 0 Å². The third-order valence-corrected chi connectivity index (χ3v) is 6.08. The minimum atomic E-state index is -3.40. The molecule has 1 saturated carbocycles. The second-order valence-electron chi connectivity index (χ2n) is 5.96. The molecule has 4 nitrogen and oxygen atoms in total. The van der Waals surface area contributed by atoms with Gasteiger partial charge in [0, 0.05) is 10.7 Å². The first-order chi connectivity index (χ1) is 11.2. The van der Waals surface area contributed by atoms with Crippen LogP contribution in [0, 0.1) is 0 Å². The van der Waals surface area contributed by atoms with Crippen molar-refractivity contribution in [1.29, 1.82) is 0 Å². The molecular weight excluding hydrogens is 414 g/mol. The van der Waals surface area contributed by atoms with Crippen LogP contribution < -0.4 is 5.32 Å². The van der Waals surface area contributed by atoms with Gasteiger partial charge in [-0.2, -0.15) is 0 Å². The third kappa shape index (κ3) is 3.50. The first kappa shape index (κ1) is 17.5. The Balaban J connectivity index is 1.89. The molecule has 0 aromatic heterocycles. The molecule has 2 aromatic rings. The number of amides is 1. The Morgan fingerprint density at radius 3 is 2.33 bits per heavy atom. The number of sulfone groups is 1. The molecular formula is C17H15BrClNO3S. The standard InChI is InChI=1S/C17H15BrClNO3S/c1-24(22,23)13-6-7-15(19)14(10-13)16(21)20-17(8-9-17)11-2-4-12(18)5-3-11/h2-7,10H,8-9H2,1H3,(H,20,21). The number of carbonyl (C=O) groups is 1. The van der Waals surface area contributed by atoms with Crippen molar-refractivity contribution in [2.24, 2.45) is 0 Å². The van der Waals surface area contributed by atoms with Gasteiger partial charge in [-0.3, -0.25) is 4.79 Å². The fourth-order valence-electron chi connectivity index (χ4n) is 2.57. The average molecular weight is 429 g/mol. The first-order valence-corrected chi connectivity index (χ1v) is 10.4. The number of rotatable bonds is 4. The molecule has 0 spiro atoms. The van der Waals surface area contributed by atoms with Crippen molar-refractivity contribution in [3.05, 3.63) is 63.1 Å². The highest BCUT2D eigenvalue weighted by Crippen LogP contribution is 2.46. The van der Waals surface area contributed by atoms with Gasteiger partial charge in [-0.15, -0.1) is 0 Å². The predicted octanol–water partition coefficient (Wildman–Crippen LogP) is 3.93. The largest absolute Gasteiger partial charge is 0.342 e. The molecule has 1 fully saturated rings. The van der Waals surface area contributed by atoms with E-state index in [4.69, 9.17) is 11.6 Å². The van der Waals surface area contributed by atoms with E-state index >= 15 is 0 Å². The maximum Gasteiger partial charge on any atom is 0.253 e. The van der Waals surface area contributed by atoms with Crippen LogP contribution in [0.5, 0.6) is 0 Å². The van der Waals surface area contributed by atoms with Crippen LogP contribution in [0.4, 0.5) is 0 Å². The average Bonchev–Trinajstić information content (AvgIpc) is 3.27. The zero-order chi connectivity index (χ0) is 17.5. The number of benzene rings is 2. The van der Waals surface area contributed by atoms with Gasteiger partial charge in [0.15, 0.2) is 9.84 Å². The summed E-state index contributed by atoms with van der Waals surface area (Å²) in [6.45, 7) is 0. The Morgan fingerprint density at radius 2 is 1.79 bits per heavy atom. The second-order valence-corrected chi connectivity index (χ2v) is 9.30. The molecule has 0 aliphatic heterocycles. The summed E-state index contributed by atoms with van der Waals surface area (Å²) in [7, 11) is -3.40. The molecule has 126 valence electrons. The van der Waals surface area contributed by atoms with Crippen LogP contribution in [-0.4, -0.2) is 20.6 Å². The van der Waals surface area contributed by atoms with E-state index in [0.717, 1.165) is 29.1 Å². The normalized spacial score (nSPS) is 15.8. The Kier molecular flexibility index (Phi) is 4.49. The smallest absolute Gasteiger partial charge is 0.253 e. The summed E-state index contributed by atoms with van der Waals surface area (Å²) in [5, 5.41) is 3.23. The highest BCUT2D eigenvalue weighted by atomic mass is 79.9. The van der Waals surface area contributed by atoms with Gasteiger partial charge < -0.3 is 5.32 Å². The summed E-state index contributed by atoms with van der Waals surface area (Å²) in [5.74, 6) is -0.370. The summed E-state index contributed by atoms with van der Waals surface area (Å²) >= 11 is 9.49. The van der Waals surface area contributed by atoms with Gasteiger partial charge >= 0.3 is 0 Å². The molecule has 1 N–H and O–H groups in total. The van der Waals surface area contributed by atoms with Gasteiger partial charge in [0.25, 0.3) is 5.91 Å². The maximum atomic E-state index is 12.6. The molecule has 0 saturated heterocycles. The minimum absolute atomic E-state index is 0.0746. The van der Waals surface area contributed by atoms with E-state index in [-0.39, 0.29) is 21.4 Å². The summed E-state index contributed by atoms with van der Waals surface area (Å²) in [6, 6.07) is 11.9. The summed E-state index contributed by atoms with van der Waals surface area (Å²) < 4.78 is 24.4. The Labute approximate surface area is 154 Å². The second kappa shape index (κ2) is 6.17. The lowest BCUT2D eigenvalue weighted by Gasteiger charge is -2.19. The zero-order valence-electron chi connectivity index (χ0n) is 12.8. The third-order valence-electron chi connectivity index (χ3n) is 4.11. The summed E-state index contributed by atoms with van der Waals surface area (Å²) in [6.07, 6.45) is 2.77. The Hall–Kier alpha value is -1.37. The van der Waals surface area contributed by atoms with Gasteiger partial charge in [0.1, 0.15) is 0 Å². The van der Waals surface area contributed by atoms with E-state index in [0.29, 0.717) is 0 Å². The van der Waals surface area contributed by atoms with E-state index in [2.05, 4.69) is 21.2 Å². The molecule has 24 heavy (non-hydrogen) atoms. The van der Waals surface area contributed by atoms with Crippen LogP contribution in [0.2, 0.25) is 5.02 Å². The highest BCUT2D eigenvalue weighted by molar-refractivity contribution is 9.10. The maximum absolute atomic E-state index is 12.6. The molecule has 1 amide bonds. The Morgan fingerprint density at radius 1 is 1.17 bits per heavy atom. The van der Waals surface area contributed by atoms with E-state index in [1.54, 1.807) is 0 Å². The van der Waals surface area contributed by atoms with E-state index in [1.807, 2.05) is 24.3 Å². The van der Waals surface area contributed by atoms with Crippen molar-refractivity contribution < 1.29 is 13.2 Å². The summed E-state index contributed by atoms with van der Waals surface area (Å²) in [4.78, 5) is 12.7. The van der Waals surface area contributed by atoms with E-state index in [9.17, 15) is 13.2 Å². The predicted molar refractivity (Wildman–Crippen MR) is 97.1 cm³/mol. The quantitative estimate of drug-likeness (QED) is 0.802. The lowest BCUT2D eigenvalue weighted by atomic mass is 10.0. The van der Waals surface area contributed by atoms with Gasteiger partial charge in [-0.1, -0.05) is 39.7 Å². The Bertz CT molecular complexity index is 906. The molecule has 7 heteroatoms. The molecule has 0 atom stereocenters. The van der Waals surface area contributed by atoms with Crippen molar-refractivity contribution >= 4 is 43.3 Å². The number of hydrogen-bond donors (Lipinski definition) is 1. The van der Waals surface area contributed by atoms with Crippen LogP contribution in [0.25, 0.3) is 0 Å². The fourth-order valence-corrected chi connectivity index (χ4v) is 3.69. The molecule has 0 unspecified atom stereocenters. The monoisotopic (exact) mass is 427 g/mol. The minimum Gasteiger partial charge on any atom is -0.342 e. The molecule has 0 radical (unpaired) electrons. The SMILES string of the molecule is CS(=O)(=O)c1ccc(Cl)c(C(=O)NC2(c3ccc(Br)cc3)CC2)c1. The van der Waals surface area contributed by atoms with Crippen LogP contribution in [0.1, 0.15) is 28.8 Å². The van der Waals surface area contributed by atoms with Crippen molar-refractivity contribution in [3.63, 3.8) is 0 Å². The van der Waals surface area contributed by atoms with Crippen molar-refractivity contribution in [2.45, 2.75) is 23.3 Å². The lowest BCUT2D eigenvalue weighted by Crippen LogP contribution is -2.35. The molecule has 3 rings (SSSR count). The van der Waals surface area contributed by atoms with Crippen LogP contribution in [0.15, 0.2) is 51.8 Å². The molecule has 0 heterocycles. The topological polar surface area (TPSA) is 63.2 Å². The molecule has 1 aliphatic carbocycles. The fraction of sp³-hybridized carbons (Fsp3) is 0.235. The van der Waals surface area contributed by atoms with Crippen molar-refractivity contribution in [1.82, 2.24) is 5.32 Å². The molecule has 1 aliphatic rings. The van der Waals surface area contributed by atoms with Gasteiger partial charge in [0.2, 0.25) is 0 Å². The van der Waals surface area contributed by atoms with Gasteiger partial charge in [-0.25, -0.2) is 8.42 Å². The number of nitrogens with one attached hydrogen (secondary N) is 1. The summed E-state index contributed by atoms with van der Waals surface area (Å²) in [5.41, 5.74) is 0.791. The van der Waals surface area contributed by atoms with Crippen molar-refractivity contribution in [3.8, 4) is 0 Å². The molecule has 2 aromatic carbocycles. The van der Waals surface area contributed by atoms with E-state index < -0.39 is 15.4 Å². The van der Waals surface area contributed by atoms with Gasteiger partial charge in [-0.05, 0) is 48.7 Å². The lowest BCUT2D eigenvalue weighted by molar-refractivity contribution is 0.0930. The number of halogens is 2. The number of carbonyl (C=O) groups excluding carboxylic acids is 1. The van der Waals surface area contributed by atoms with Gasteiger partial charge in [0.05, 0.1) is 21.0 Å². The van der Waals surface area contributed by atoms with Crippen LogP contribution in [-0.2, 0) is 15.4 Å². The number of hydrogen-bond acceptors (Lipinski definition) is 3. The zero-order valence-corrected chi connectivity index (χ0v) is 16.0.